The summed E-state index contributed by atoms with van der Waals surface area (Å²) in [5.41, 5.74) is 11.9. The number of phosphoric acid groups is 4. The van der Waals surface area contributed by atoms with Crippen molar-refractivity contribution in [2.45, 2.75) is 49.1 Å². The molecule has 0 aliphatic carbocycles. The quantitative estimate of drug-likeness (QED) is 0.0470. The fourth-order valence-corrected chi connectivity index (χ4v) is 11.6. The number of imidazole rings is 2. The van der Waals surface area contributed by atoms with Gasteiger partial charge in [0.05, 0.1) is 25.9 Å². The predicted molar refractivity (Wildman–Crippen MR) is 186 cm³/mol. The molecule has 0 saturated carbocycles. The maximum atomic E-state index is 12.5. The Hall–Kier alpha value is -2.83. The summed E-state index contributed by atoms with van der Waals surface area (Å²) in [6, 6.07) is 0. The van der Waals surface area contributed by atoms with E-state index in [1.807, 2.05) is 0 Å². The zero-order chi connectivity index (χ0) is 43.3. The van der Waals surface area contributed by atoms with Crippen molar-refractivity contribution in [1.29, 1.82) is 0 Å². The molecule has 32 nitrogen and oxygen atoms in total. The van der Waals surface area contributed by atoms with E-state index < -0.39 is 114 Å². The van der Waals surface area contributed by atoms with Crippen LogP contribution in [-0.2, 0) is 59.0 Å². The normalized spacial score (nSPS) is 30.1. The van der Waals surface area contributed by atoms with Crippen LogP contribution in [0.2, 0.25) is 0 Å². The molecule has 4 aromatic rings. The summed E-state index contributed by atoms with van der Waals surface area (Å²) in [5.74, 6) is -0.0284. The molecule has 13 N–H and O–H groups in total. The molecule has 0 spiro atoms. The molecule has 59 heavy (non-hydrogen) atoms. The number of nitrogens with two attached hydrogens (primary N) is 2. The van der Waals surface area contributed by atoms with Crippen molar-refractivity contribution in [2.24, 2.45) is 0 Å². The Morgan fingerprint density at radius 1 is 0.559 bits per heavy atom. The van der Waals surface area contributed by atoms with Gasteiger partial charge in [-0.25, -0.2) is 48.2 Å². The summed E-state index contributed by atoms with van der Waals surface area (Å²) in [6.07, 6.45) is -12.0. The van der Waals surface area contributed by atoms with E-state index in [4.69, 9.17) is 20.9 Å². The zero-order valence-corrected chi connectivity index (χ0v) is 33.5. The Labute approximate surface area is 327 Å². The first-order valence-corrected chi connectivity index (χ1v) is 23.9. The van der Waals surface area contributed by atoms with Crippen LogP contribution in [0, 0.1) is 0 Å². The van der Waals surface area contributed by atoms with Gasteiger partial charge in [-0.05, 0) is 0 Å². The van der Waals surface area contributed by atoms with Crippen molar-refractivity contribution in [3.63, 3.8) is 0 Å². The molecule has 0 aromatic carbocycles. The Bertz CT molecular complexity index is 2260. The lowest BCUT2D eigenvalue weighted by Gasteiger charge is -2.21. The van der Waals surface area contributed by atoms with E-state index in [-0.39, 0.29) is 34.0 Å². The van der Waals surface area contributed by atoms with Crippen LogP contribution in [0.5, 0.6) is 0 Å². The minimum absolute atomic E-state index is 0.0142. The second-order valence-electron chi connectivity index (χ2n) is 12.3. The van der Waals surface area contributed by atoms with Gasteiger partial charge in [0.1, 0.15) is 73.0 Å². The van der Waals surface area contributed by atoms with Crippen molar-refractivity contribution in [2.75, 3.05) is 37.4 Å². The fraction of sp³-hybridized carbons (Fsp3) is 0.545. The third-order valence-corrected chi connectivity index (χ3v) is 14.7. The Morgan fingerprint density at radius 3 is 1.29 bits per heavy atom. The SMILES string of the molecule is Nc1ncnc2c1ncn2[C@@H]1O[C@H](COP(=O)(O)OP(=O)(O)OCP(=O)(O)COP(=O)(O)OP(=O)(O)OC[C@H]2O[C@@H](n3cnc4c(N)ncnc43)[C@H](O)[C@@H]2O)[C@@H](O)[C@H]1O. The maximum absolute atomic E-state index is 12.5. The highest BCUT2D eigenvalue weighted by molar-refractivity contribution is 7.63. The molecule has 2 aliphatic heterocycles. The van der Waals surface area contributed by atoms with Crippen molar-refractivity contribution in [3.8, 4) is 0 Å². The second-order valence-corrected chi connectivity index (χ2v) is 20.5. The smallest absolute Gasteiger partial charge is 0.387 e. The first-order valence-electron chi connectivity index (χ1n) is 15.9. The molecular formula is C22H33N10O22P5. The highest BCUT2D eigenvalue weighted by Gasteiger charge is 2.48. The highest BCUT2D eigenvalue weighted by Crippen LogP contribution is 2.64. The molecule has 6 rings (SSSR count). The molecule has 2 fully saturated rings. The lowest BCUT2D eigenvalue weighted by Crippen LogP contribution is -2.33. The number of fused-ring (bicyclic) bond motifs is 2. The van der Waals surface area contributed by atoms with Crippen molar-refractivity contribution >= 4 is 72.6 Å². The minimum atomic E-state index is -5.80. The van der Waals surface area contributed by atoms with Crippen LogP contribution in [0.4, 0.5) is 11.6 Å². The predicted octanol–water partition coefficient (Wildman–Crippen LogP) is -2.24. The van der Waals surface area contributed by atoms with Gasteiger partial charge < -0.3 is 65.8 Å². The average molecular weight is 944 g/mol. The number of nitrogen functional groups attached to an aromatic ring is 2. The summed E-state index contributed by atoms with van der Waals surface area (Å²) in [5, 5.41) is 41.8. The molecule has 37 heteroatoms. The number of ether oxygens (including phenoxy) is 2. The molecule has 2 saturated heterocycles. The van der Waals surface area contributed by atoms with Crippen LogP contribution >= 0.6 is 38.7 Å². The molecule has 4 aromatic heterocycles. The van der Waals surface area contributed by atoms with Gasteiger partial charge in [0.2, 0.25) is 0 Å². The monoisotopic (exact) mass is 944 g/mol. The van der Waals surface area contributed by atoms with E-state index in [0.29, 0.717) is 0 Å². The topological polar surface area (TPSA) is 481 Å². The van der Waals surface area contributed by atoms with Gasteiger partial charge in [-0.15, -0.1) is 0 Å². The Kier molecular flexibility index (Phi) is 13.3. The summed E-state index contributed by atoms with van der Waals surface area (Å²) < 4.78 is 101. The van der Waals surface area contributed by atoms with E-state index >= 15 is 0 Å². The number of nitrogens with zero attached hydrogens (tertiary/aromatic N) is 8. The summed E-state index contributed by atoms with van der Waals surface area (Å²) in [4.78, 5) is 73.2. The van der Waals surface area contributed by atoms with Gasteiger partial charge in [0.15, 0.2) is 35.4 Å². The first kappa shape index (κ1) is 45.7. The number of anilines is 2. The van der Waals surface area contributed by atoms with E-state index in [2.05, 4.69) is 56.6 Å². The number of phosphoric ester groups is 4. The third-order valence-electron chi connectivity index (χ3n) is 8.06. The van der Waals surface area contributed by atoms with Gasteiger partial charge in [0.25, 0.3) is 7.37 Å². The van der Waals surface area contributed by atoms with Crippen LogP contribution in [-0.4, -0.2) is 146 Å². The van der Waals surface area contributed by atoms with E-state index in [0.717, 1.165) is 25.3 Å². The van der Waals surface area contributed by atoms with Crippen molar-refractivity contribution in [3.05, 3.63) is 25.3 Å². The van der Waals surface area contributed by atoms with Crippen molar-refractivity contribution < 1.29 is 104 Å². The standard InChI is InChI=1S/C22H33N10O22P5/c23-17-11-19(27-3-25-17)31(5-29-11)21-15(35)13(33)9(51-21)1-47-56(39,40)53-58(43,44)49-7-55(37,38)8-50-59(45,46)54-57(41,42)48-2-10-14(34)16(36)22(52-10)32-6-30-12-18(24)26-4-28-20(12)32/h3-6,9-10,13-16,21-22,33-36H,1-2,7-8H2,(H,37,38)(H,39,40)(H,41,42)(H,43,44)(H,45,46)(H2,23,25,27)(H2,24,26,28)/t9-,10-,13-,14-,15-,16-,21-,22-/m1/s1. The fourth-order valence-electron chi connectivity index (χ4n) is 5.36. The minimum Gasteiger partial charge on any atom is -0.387 e. The van der Waals surface area contributed by atoms with Crippen LogP contribution in [0.25, 0.3) is 22.3 Å². The third kappa shape index (κ3) is 10.6. The second kappa shape index (κ2) is 17.1. The van der Waals surface area contributed by atoms with Crippen LogP contribution in [0.1, 0.15) is 12.5 Å². The van der Waals surface area contributed by atoms with Gasteiger partial charge >= 0.3 is 31.3 Å². The number of rotatable bonds is 18. The number of aliphatic hydroxyl groups excluding tert-OH is 4. The summed E-state index contributed by atoms with van der Waals surface area (Å²) in [7, 11) is -28.0. The van der Waals surface area contributed by atoms with Gasteiger partial charge in [-0.2, -0.15) is 8.62 Å². The zero-order valence-electron chi connectivity index (χ0n) is 29.1. The molecule has 6 heterocycles. The molecule has 0 radical (unpaired) electrons. The first-order chi connectivity index (χ1) is 27.4. The molecule has 328 valence electrons. The lowest BCUT2D eigenvalue weighted by atomic mass is 10.1. The van der Waals surface area contributed by atoms with Crippen LogP contribution < -0.4 is 11.5 Å². The summed E-state index contributed by atoms with van der Waals surface area (Å²) >= 11 is 0. The van der Waals surface area contributed by atoms with Gasteiger partial charge in [0, 0.05) is 0 Å². The maximum Gasteiger partial charge on any atom is 0.481 e. The number of hydrogen-bond acceptors (Lipinski definition) is 25. The van der Waals surface area contributed by atoms with Gasteiger partial charge in [-0.1, -0.05) is 0 Å². The van der Waals surface area contributed by atoms with Gasteiger partial charge in [-0.3, -0.25) is 31.8 Å². The largest absolute Gasteiger partial charge is 0.481 e. The molecule has 2 aliphatic rings. The Balaban J connectivity index is 0.949. The average Bonchev–Trinajstić information content (AvgIpc) is 3.90. The molecule has 0 amide bonds. The van der Waals surface area contributed by atoms with Crippen molar-refractivity contribution in [1.82, 2.24) is 39.0 Å². The van der Waals surface area contributed by atoms with Crippen LogP contribution in [0.15, 0.2) is 25.3 Å². The molecule has 4 unspecified atom stereocenters. The van der Waals surface area contributed by atoms with Crippen LogP contribution in [0.3, 0.4) is 0 Å². The van der Waals surface area contributed by atoms with E-state index in [9.17, 15) is 67.7 Å². The molecule has 12 atom stereocenters. The van der Waals surface area contributed by atoms with E-state index in [1.165, 1.54) is 9.13 Å². The summed E-state index contributed by atoms with van der Waals surface area (Å²) in [6.45, 7) is -2.12. The number of aromatic nitrogens is 8. The number of aliphatic hydroxyl groups is 4. The van der Waals surface area contributed by atoms with E-state index in [1.54, 1.807) is 0 Å². The number of hydrogen-bond donors (Lipinski definition) is 11. The lowest BCUT2D eigenvalue weighted by molar-refractivity contribution is -0.0504. The highest BCUT2D eigenvalue weighted by atomic mass is 31.3. The molecular weight excluding hydrogens is 911 g/mol. The molecule has 0 bridgehead atoms. The Morgan fingerprint density at radius 2 is 0.915 bits per heavy atom.